The molecule has 0 spiro atoms. The molecule has 8 heteroatoms. The molecule has 0 radical (unpaired) electrons. The van der Waals surface area contributed by atoms with Gasteiger partial charge in [-0.1, -0.05) is 0 Å². The minimum absolute atomic E-state index is 0.0407. The Hall–Kier alpha value is -2.64. The molecule has 0 atom stereocenters. The summed E-state index contributed by atoms with van der Waals surface area (Å²) in [5.41, 5.74) is 0. The third kappa shape index (κ3) is 3.95. The third-order valence-corrected chi connectivity index (χ3v) is 2.25. The Labute approximate surface area is 108 Å². The van der Waals surface area contributed by atoms with Crippen LogP contribution in [-0.2, 0) is 0 Å². The van der Waals surface area contributed by atoms with Gasteiger partial charge in [-0.05, 0) is 24.1 Å². The Kier molecular flexibility index (Phi) is 4.27. The maximum absolute atomic E-state index is 10.4. The van der Waals surface area contributed by atoms with Crippen molar-refractivity contribution in [2.75, 3.05) is 0 Å². The van der Waals surface area contributed by atoms with Gasteiger partial charge < -0.3 is 0 Å². The zero-order valence-electron chi connectivity index (χ0n) is 9.88. The highest BCUT2D eigenvalue weighted by atomic mass is 16.1. The number of hydrogen-bond donors (Lipinski definition) is 0. The number of carbonyl (C=O) groups excluding carboxylic acids is 2. The highest BCUT2D eigenvalue weighted by Gasteiger charge is 2.27. The van der Waals surface area contributed by atoms with E-state index in [1.165, 1.54) is 0 Å². The zero-order chi connectivity index (χ0) is 13.5. The van der Waals surface area contributed by atoms with Gasteiger partial charge in [0.2, 0.25) is 0 Å². The van der Waals surface area contributed by atoms with Gasteiger partial charge in [-0.3, -0.25) is 9.59 Å². The molecule has 1 fully saturated rings. The van der Waals surface area contributed by atoms with E-state index in [2.05, 4.69) is 30.4 Å². The summed E-state index contributed by atoms with van der Waals surface area (Å²) in [7, 11) is 0. The first-order valence-corrected chi connectivity index (χ1v) is 5.58. The molecule has 1 saturated carbocycles. The van der Waals surface area contributed by atoms with Crippen LogP contribution in [0, 0.1) is 0 Å². The summed E-state index contributed by atoms with van der Waals surface area (Å²) in [5, 5.41) is 10.1. The van der Waals surface area contributed by atoms with Crippen LogP contribution in [0.15, 0.2) is 18.5 Å². The molecule has 0 amide bonds. The van der Waals surface area contributed by atoms with Crippen molar-refractivity contribution in [2.24, 2.45) is 0 Å². The lowest BCUT2D eigenvalue weighted by atomic mass is 10.4. The van der Waals surface area contributed by atoms with Crippen LogP contribution < -0.4 is 0 Å². The SMILES string of the molecule is O=Cc1nc(C=O)nc(C2CC2)n1.c1cnnnc1. The predicted octanol–water partition coefficient (Wildman–Crippen LogP) is 0.246. The van der Waals surface area contributed by atoms with Crippen LogP contribution in [0.5, 0.6) is 0 Å². The molecular weight excluding hydrogens is 248 g/mol. The van der Waals surface area contributed by atoms with Crippen molar-refractivity contribution in [2.45, 2.75) is 18.8 Å². The molecule has 8 nitrogen and oxygen atoms in total. The summed E-state index contributed by atoms with van der Waals surface area (Å²) in [6.07, 6.45) is 6.27. The quantitative estimate of drug-likeness (QED) is 0.720. The van der Waals surface area contributed by atoms with Gasteiger partial charge in [-0.15, -0.1) is 10.2 Å². The number of carbonyl (C=O) groups is 2. The fraction of sp³-hybridized carbons (Fsp3) is 0.273. The maximum atomic E-state index is 10.4. The number of hydrogen-bond acceptors (Lipinski definition) is 8. The van der Waals surface area contributed by atoms with E-state index in [1.807, 2.05) is 0 Å². The van der Waals surface area contributed by atoms with Gasteiger partial charge in [0.05, 0.1) is 12.4 Å². The van der Waals surface area contributed by atoms with E-state index in [9.17, 15) is 9.59 Å². The second-order valence-electron chi connectivity index (χ2n) is 3.73. The molecular formula is C11H10N6O2. The molecule has 0 saturated heterocycles. The Morgan fingerprint density at radius 3 is 1.84 bits per heavy atom. The first-order chi connectivity index (χ1) is 9.33. The summed E-state index contributed by atoms with van der Waals surface area (Å²) in [6, 6.07) is 1.72. The van der Waals surface area contributed by atoms with Crippen molar-refractivity contribution in [1.82, 2.24) is 30.4 Å². The second-order valence-corrected chi connectivity index (χ2v) is 3.73. The Morgan fingerprint density at radius 2 is 1.53 bits per heavy atom. The average Bonchev–Trinajstić information content (AvgIpc) is 3.34. The van der Waals surface area contributed by atoms with Crippen molar-refractivity contribution < 1.29 is 9.59 Å². The summed E-state index contributed by atoms with van der Waals surface area (Å²) in [4.78, 5) is 32.2. The van der Waals surface area contributed by atoms with Gasteiger partial charge in [0.25, 0.3) is 0 Å². The summed E-state index contributed by atoms with van der Waals surface area (Å²) < 4.78 is 0. The Balaban J connectivity index is 0.000000186. The molecule has 19 heavy (non-hydrogen) atoms. The van der Waals surface area contributed by atoms with E-state index in [4.69, 9.17) is 0 Å². The standard InChI is InChI=1S/C8H7N3O2.C3H3N3/c12-3-6-9-7(4-13)11-8(10-6)5-1-2-5;1-2-4-6-5-3-1/h3-5H,1-2H2;1-3H. The number of aromatic nitrogens is 6. The van der Waals surface area contributed by atoms with Crippen LogP contribution in [0.1, 0.15) is 45.8 Å². The van der Waals surface area contributed by atoms with Crippen LogP contribution in [0.4, 0.5) is 0 Å². The molecule has 0 aromatic carbocycles. The first kappa shape index (κ1) is 12.8. The van der Waals surface area contributed by atoms with E-state index in [-0.39, 0.29) is 11.6 Å². The van der Waals surface area contributed by atoms with Gasteiger partial charge in [0.1, 0.15) is 5.82 Å². The molecule has 2 aromatic heterocycles. The highest BCUT2D eigenvalue weighted by Crippen LogP contribution is 2.37. The fourth-order valence-electron chi connectivity index (χ4n) is 1.26. The lowest BCUT2D eigenvalue weighted by molar-refractivity contribution is 0.110. The van der Waals surface area contributed by atoms with Crippen molar-refractivity contribution >= 4 is 12.6 Å². The molecule has 1 aliphatic rings. The fourth-order valence-corrected chi connectivity index (χ4v) is 1.26. The predicted molar refractivity (Wildman–Crippen MR) is 62.4 cm³/mol. The molecule has 0 N–H and O–H groups in total. The molecule has 2 heterocycles. The van der Waals surface area contributed by atoms with Gasteiger partial charge in [-0.2, -0.15) is 0 Å². The monoisotopic (exact) mass is 258 g/mol. The van der Waals surface area contributed by atoms with Crippen LogP contribution in [0.2, 0.25) is 0 Å². The van der Waals surface area contributed by atoms with Crippen LogP contribution >= 0.6 is 0 Å². The summed E-state index contributed by atoms with van der Waals surface area (Å²) in [5.74, 6) is 0.970. The van der Waals surface area contributed by atoms with E-state index in [0.29, 0.717) is 24.3 Å². The minimum Gasteiger partial charge on any atom is -0.294 e. The zero-order valence-corrected chi connectivity index (χ0v) is 9.88. The lowest BCUT2D eigenvalue weighted by Gasteiger charge is -1.97. The normalized spacial score (nSPS) is 13.1. The smallest absolute Gasteiger partial charge is 0.196 e. The second kappa shape index (κ2) is 6.34. The number of nitrogens with zero attached hydrogens (tertiary/aromatic N) is 6. The van der Waals surface area contributed by atoms with Crippen LogP contribution in [-0.4, -0.2) is 42.9 Å². The molecule has 1 aliphatic carbocycles. The van der Waals surface area contributed by atoms with Gasteiger partial charge in [0.15, 0.2) is 24.2 Å². The maximum Gasteiger partial charge on any atom is 0.196 e. The van der Waals surface area contributed by atoms with E-state index in [1.54, 1.807) is 18.5 Å². The number of aldehydes is 2. The summed E-state index contributed by atoms with van der Waals surface area (Å²) in [6.45, 7) is 0. The van der Waals surface area contributed by atoms with Crippen molar-refractivity contribution in [3.05, 3.63) is 35.9 Å². The van der Waals surface area contributed by atoms with Gasteiger partial charge in [-0.25, -0.2) is 15.0 Å². The minimum atomic E-state index is 0.0407. The van der Waals surface area contributed by atoms with Crippen molar-refractivity contribution in [1.29, 1.82) is 0 Å². The van der Waals surface area contributed by atoms with Gasteiger partial charge in [0, 0.05) is 5.92 Å². The Morgan fingerprint density at radius 1 is 0.947 bits per heavy atom. The molecule has 3 rings (SSSR count). The molecule has 0 aliphatic heterocycles. The third-order valence-electron chi connectivity index (χ3n) is 2.25. The molecule has 96 valence electrons. The average molecular weight is 258 g/mol. The van der Waals surface area contributed by atoms with Gasteiger partial charge >= 0.3 is 0 Å². The first-order valence-electron chi connectivity index (χ1n) is 5.58. The lowest BCUT2D eigenvalue weighted by Crippen LogP contribution is -2.05. The van der Waals surface area contributed by atoms with Crippen molar-refractivity contribution in [3.63, 3.8) is 0 Å². The van der Waals surface area contributed by atoms with Crippen molar-refractivity contribution in [3.8, 4) is 0 Å². The highest BCUT2D eigenvalue weighted by molar-refractivity contribution is 5.73. The molecule has 0 unspecified atom stereocenters. The van der Waals surface area contributed by atoms with E-state index >= 15 is 0 Å². The Bertz CT molecular complexity index is 505. The summed E-state index contributed by atoms with van der Waals surface area (Å²) >= 11 is 0. The van der Waals surface area contributed by atoms with Crippen LogP contribution in [0.3, 0.4) is 0 Å². The molecule has 2 aromatic rings. The molecule has 0 bridgehead atoms. The largest absolute Gasteiger partial charge is 0.294 e. The topological polar surface area (TPSA) is 111 Å². The number of rotatable bonds is 3. The van der Waals surface area contributed by atoms with Crippen LogP contribution in [0.25, 0.3) is 0 Å². The van der Waals surface area contributed by atoms with E-state index < -0.39 is 0 Å². The van der Waals surface area contributed by atoms with E-state index in [0.717, 1.165) is 12.8 Å².